The first-order valence-corrected chi connectivity index (χ1v) is 4.06. The third-order valence-corrected chi connectivity index (χ3v) is 1.98. The summed E-state index contributed by atoms with van der Waals surface area (Å²) in [7, 11) is 3.78. The molecule has 0 saturated carbocycles. The van der Waals surface area contributed by atoms with Crippen molar-refractivity contribution in [2.45, 2.75) is 4.90 Å². The fraction of sp³-hybridized carbons (Fsp3) is 0.222. The van der Waals surface area contributed by atoms with Gasteiger partial charge >= 0.3 is 0 Å². The number of rotatable bonds is 2. The Hall–Kier alpha value is -0.960. The predicted octanol–water partition coefficient (Wildman–Crippen LogP) is 1.85. The zero-order valence-corrected chi connectivity index (χ0v) is 8.01. The smallest absolute Gasteiger partial charge is 0.152 e. The number of carbonyl (C=O) groups is 1. The Morgan fingerprint density at radius 1 is 1.42 bits per heavy atom. The van der Waals surface area contributed by atoms with Crippen molar-refractivity contribution in [3.63, 3.8) is 0 Å². The molecule has 0 N–H and O–H groups in total. The lowest BCUT2D eigenvalue weighted by atomic mass is 10.2. The van der Waals surface area contributed by atoms with E-state index >= 15 is 0 Å². The number of nitrogens with zero attached hydrogens (tertiary/aromatic N) is 1. The van der Waals surface area contributed by atoms with Gasteiger partial charge in [-0.15, -0.1) is 12.6 Å². The molecule has 12 heavy (non-hydrogen) atoms. The zero-order chi connectivity index (χ0) is 9.14. The fourth-order valence-corrected chi connectivity index (χ4v) is 1.55. The van der Waals surface area contributed by atoms with Gasteiger partial charge in [-0.05, 0) is 12.1 Å². The van der Waals surface area contributed by atoms with Gasteiger partial charge in [0.15, 0.2) is 6.29 Å². The lowest BCUT2D eigenvalue weighted by molar-refractivity contribution is 0.112. The number of anilines is 1. The summed E-state index contributed by atoms with van der Waals surface area (Å²) in [4.78, 5) is 13.3. The molecule has 0 atom stereocenters. The number of benzene rings is 1. The average molecular weight is 181 g/mol. The number of thiol groups is 1. The maximum atomic E-state index is 10.6. The van der Waals surface area contributed by atoms with Gasteiger partial charge in [-0.3, -0.25) is 4.79 Å². The van der Waals surface area contributed by atoms with Crippen molar-refractivity contribution in [3.05, 3.63) is 23.8 Å². The van der Waals surface area contributed by atoms with Crippen LogP contribution in [-0.4, -0.2) is 20.4 Å². The van der Waals surface area contributed by atoms with Crippen molar-refractivity contribution >= 4 is 24.6 Å². The number of hydrogen-bond acceptors (Lipinski definition) is 3. The van der Waals surface area contributed by atoms with Crippen molar-refractivity contribution in [3.8, 4) is 0 Å². The normalized spacial score (nSPS) is 9.58. The van der Waals surface area contributed by atoms with Gasteiger partial charge < -0.3 is 4.90 Å². The van der Waals surface area contributed by atoms with Gasteiger partial charge in [-0.1, -0.05) is 6.07 Å². The molecule has 0 bridgehead atoms. The van der Waals surface area contributed by atoms with Crippen LogP contribution in [0, 0.1) is 0 Å². The third-order valence-electron chi connectivity index (χ3n) is 1.62. The van der Waals surface area contributed by atoms with E-state index in [-0.39, 0.29) is 0 Å². The molecule has 0 aliphatic carbocycles. The van der Waals surface area contributed by atoms with E-state index in [1.165, 1.54) is 0 Å². The van der Waals surface area contributed by atoms with Gasteiger partial charge in [0.2, 0.25) is 0 Å². The maximum absolute atomic E-state index is 10.6. The van der Waals surface area contributed by atoms with E-state index in [1.54, 1.807) is 6.07 Å². The van der Waals surface area contributed by atoms with Crippen molar-refractivity contribution < 1.29 is 4.79 Å². The van der Waals surface area contributed by atoms with E-state index in [0.29, 0.717) is 5.56 Å². The SMILES string of the molecule is CN(C)c1c(S)cccc1C=O. The highest BCUT2D eigenvalue weighted by atomic mass is 32.1. The molecule has 0 aliphatic rings. The summed E-state index contributed by atoms with van der Waals surface area (Å²) in [5, 5.41) is 0. The monoisotopic (exact) mass is 181 g/mol. The number of carbonyl (C=O) groups excluding carboxylic acids is 1. The summed E-state index contributed by atoms with van der Waals surface area (Å²) in [6, 6.07) is 5.46. The first-order chi connectivity index (χ1) is 5.66. The molecule has 0 unspecified atom stereocenters. The van der Waals surface area contributed by atoms with Crippen molar-refractivity contribution in [2.24, 2.45) is 0 Å². The van der Waals surface area contributed by atoms with Crippen LogP contribution in [0.2, 0.25) is 0 Å². The highest BCUT2D eigenvalue weighted by Gasteiger charge is 2.05. The molecule has 1 aromatic rings. The Morgan fingerprint density at radius 3 is 2.50 bits per heavy atom. The minimum atomic E-state index is 0.674. The van der Waals surface area contributed by atoms with Gasteiger partial charge in [0.05, 0.1) is 5.69 Å². The Labute approximate surface area is 77.6 Å². The predicted molar refractivity (Wildman–Crippen MR) is 53.4 cm³/mol. The summed E-state index contributed by atoms with van der Waals surface area (Å²) in [6.45, 7) is 0. The Balaban J connectivity index is 3.29. The minimum absolute atomic E-state index is 0.674. The summed E-state index contributed by atoms with van der Waals surface area (Å²) in [6.07, 6.45) is 0.842. The summed E-state index contributed by atoms with van der Waals surface area (Å²) >= 11 is 4.26. The van der Waals surface area contributed by atoms with Gasteiger partial charge in [-0.25, -0.2) is 0 Å². The van der Waals surface area contributed by atoms with Crippen molar-refractivity contribution in [1.29, 1.82) is 0 Å². The van der Waals surface area contributed by atoms with E-state index in [4.69, 9.17) is 0 Å². The molecule has 2 nitrogen and oxygen atoms in total. The number of aldehydes is 1. The second-order valence-corrected chi connectivity index (χ2v) is 3.21. The molecule has 1 aromatic carbocycles. The Morgan fingerprint density at radius 2 is 2.08 bits per heavy atom. The zero-order valence-electron chi connectivity index (χ0n) is 7.11. The summed E-state index contributed by atoms with van der Waals surface area (Å²) in [5.41, 5.74) is 1.54. The standard InChI is InChI=1S/C9H11NOS/c1-10(2)9-7(6-11)4-3-5-8(9)12/h3-6,12H,1-2H3. The third kappa shape index (κ3) is 1.61. The topological polar surface area (TPSA) is 20.3 Å². The lowest BCUT2D eigenvalue weighted by Crippen LogP contribution is -2.11. The molecule has 0 fully saturated rings. The summed E-state index contributed by atoms with van der Waals surface area (Å²) in [5.74, 6) is 0. The molecule has 0 radical (unpaired) electrons. The average Bonchev–Trinajstić information content (AvgIpc) is 2.03. The number of hydrogen-bond donors (Lipinski definition) is 1. The lowest BCUT2D eigenvalue weighted by Gasteiger charge is -2.16. The van der Waals surface area contributed by atoms with E-state index < -0.39 is 0 Å². The molecule has 64 valence electrons. The molecule has 0 aliphatic heterocycles. The molecule has 0 aromatic heterocycles. The van der Waals surface area contributed by atoms with Crippen molar-refractivity contribution in [2.75, 3.05) is 19.0 Å². The molecular formula is C9H11NOS. The Kier molecular flexibility index (Phi) is 2.76. The van der Waals surface area contributed by atoms with E-state index in [1.807, 2.05) is 31.1 Å². The quantitative estimate of drug-likeness (QED) is 0.555. The maximum Gasteiger partial charge on any atom is 0.152 e. The molecule has 0 saturated heterocycles. The van der Waals surface area contributed by atoms with Gasteiger partial charge in [0.1, 0.15) is 0 Å². The second-order valence-electron chi connectivity index (χ2n) is 2.73. The van der Waals surface area contributed by atoms with Crippen LogP contribution in [0.1, 0.15) is 10.4 Å². The van der Waals surface area contributed by atoms with E-state index in [0.717, 1.165) is 16.9 Å². The molecule has 0 heterocycles. The Bertz CT molecular complexity index is 297. The fourth-order valence-electron chi connectivity index (χ4n) is 1.13. The van der Waals surface area contributed by atoms with Crippen LogP contribution in [0.3, 0.4) is 0 Å². The molecule has 0 amide bonds. The van der Waals surface area contributed by atoms with Gasteiger partial charge in [0.25, 0.3) is 0 Å². The van der Waals surface area contributed by atoms with Crippen LogP contribution in [-0.2, 0) is 0 Å². The van der Waals surface area contributed by atoms with E-state index in [2.05, 4.69) is 12.6 Å². The largest absolute Gasteiger partial charge is 0.376 e. The molecular weight excluding hydrogens is 170 g/mol. The van der Waals surface area contributed by atoms with Gasteiger partial charge in [0, 0.05) is 24.6 Å². The van der Waals surface area contributed by atoms with E-state index in [9.17, 15) is 4.79 Å². The summed E-state index contributed by atoms with van der Waals surface area (Å²) < 4.78 is 0. The van der Waals surface area contributed by atoms with Gasteiger partial charge in [-0.2, -0.15) is 0 Å². The van der Waals surface area contributed by atoms with Crippen LogP contribution >= 0.6 is 12.6 Å². The van der Waals surface area contributed by atoms with Crippen molar-refractivity contribution in [1.82, 2.24) is 0 Å². The minimum Gasteiger partial charge on any atom is -0.376 e. The highest BCUT2D eigenvalue weighted by molar-refractivity contribution is 7.80. The van der Waals surface area contributed by atoms with Crippen LogP contribution in [0.5, 0.6) is 0 Å². The highest BCUT2D eigenvalue weighted by Crippen LogP contribution is 2.25. The van der Waals surface area contributed by atoms with Crippen LogP contribution in [0.15, 0.2) is 23.1 Å². The second kappa shape index (κ2) is 3.63. The number of para-hydroxylation sites is 1. The van der Waals surface area contributed by atoms with Crippen LogP contribution in [0.25, 0.3) is 0 Å². The molecule has 0 spiro atoms. The first kappa shape index (κ1) is 9.13. The van der Waals surface area contributed by atoms with Crippen LogP contribution < -0.4 is 4.90 Å². The molecule has 1 rings (SSSR count). The first-order valence-electron chi connectivity index (χ1n) is 3.61. The molecule has 3 heteroatoms. The van der Waals surface area contributed by atoms with Crippen LogP contribution in [0.4, 0.5) is 5.69 Å².